The van der Waals surface area contributed by atoms with Crippen LogP contribution in [0.25, 0.3) is 0 Å². The third kappa shape index (κ3) is 2.82. The number of aryl methyl sites for hydroxylation is 1. The summed E-state index contributed by atoms with van der Waals surface area (Å²) >= 11 is 0. The second-order valence-corrected chi connectivity index (χ2v) is 4.79. The molecule has 1 aliphatic carbocycles. The molecule has 0 saturated heterocycles. The lowest BCUT2D eigenvalue weighted by Gasteiger charge is -2.35. The van der Waals surface area contributed by atoms with Gasteiger partial charge in [-0.1, -0.05) is 0 Å². The van der Waals surface area contributed by atoms with Crippen LogP contribution < -0.4 is 11.1 Å². The van der Waals surface area contributed by atoms with E-state index in [9.17, 15) is 4.79 Å². The number of amides is 1. The lowest BCUT2D eigenvalue weighted by Crippen LogP contribution is -2.47. The first kappa shape index (κ1) is 12.9. The summed E-state index contributed by atoms with van der Waals surface area (Å²) < 4.78 is 5.47. The summed E-state index contributed by atoms with van der Waals surface area (Å²) in [5.74, 6) is -0.0209. The van der Waals surface area contributed by atoms with Gasteiger partial charge in [0.1, 0.15) is 0 Å². The Morgan fingerprint density at radius 2 is 2.22 bits per heavy atom. The highest BCUT2D eigenvalue weighted by Crippen LogP contribution is 2.24. The number of hydrogen-bond acceptors (Lipinski definition) is 3. The van der Waals surface area contributed by atoms with Crippen molar-refractivity contribution in [3.63, 3.8) is 0 Å². The fourth-order valence-corrected chi connectivity index (χ4v) is 2.26. The molecule has 98 valence electrons. The Hall–Kier alpha value is -1.55. The van der Waals surface area contributed by atoms with E-state index in [0.29, 0.717) is 17.4 Å². The number of nitrogen functional groups attached to an aromatic ring is 1. The van der Waals surface area contributed by atoms with Crippen LogP contribution in [0.4, 0.5) is 5.69 Å². The van der Waals surface area contributed by atoms with Crippen molar-refractivity contribution in [3.05, 3.63) is 29.3 Å². The van der Waals surface area contributed by atoms with E-state index in [4.69, 9.17) is 10.5 Å². The summed E-state index contributed by atoms with van der Waals surface area (Å²) in [5, 5.41) is 3.02. The van der Waals surface area contributed by atoms with Crippen LogP contribution in [0.15, 0.2) is 18.2 Å². The molecule has 1 aromatic carbocycles. The normalized spacial score (nSPS) is 22.3. The van der Waals surface area contributed by atoms with Crippen LogP contribution in [0.2, 0.25) is 0 Å². The maximum atomic E-state index is 12.1. The molecule has 0 unspecified atom stereocenters. The minimum absolute atomic E-state index is 0.0209. The van der Waals surface area contributed by atoms with Crippen molar-refractivity contribution < 1.29 is 9.53 Å². The molecular formula is C14H20N2O2. The van der Waals surface area contributed by atoms with Crippen LogP contribution >= 0.6 is 0 Å². The van der Waals surface area contributed by atoms with E-state index in [1.165, 1.54) is 0 Å². The van der Waals surface area contributed by atoms with Crippen molar-refractivity contribution in [2.45, 2.75) is 38.8 Å². The molecule has 4 heteroatoms. The van der Waals surface area contributed by atoms with E-state index in [2.05, 4.69) is 5.32 Å². The quantitative estimate of drug-likeness (QED) is 0.800. The van der Waals surface area contributed by atoms with Gasteiger partial charge in [-0.15, -0.1) is 0 Å². The van der Waals surface area contributed by atoms with Crippen LogP contribution in [-0.4, -0.2) is 24.7 Å². The summed E-state index contributed by atoms with van der Waals surface area (Å²) in [5.41, 5.74) is 7.96. The number of rotatable bonds is 4. The van der Waals surface area contributed by atoms with E-state index in [-0.39, 0.29) is 11.9 Å². The molecule has 1 aromatic rings. The Morgan fingerprint density at radius 3 is 2.83 bits per heavy atom. The molecule has 0 spiro atoms. The van der Waals surface area contributed by atoms with Crippen LogP contribution in [0.3, 0.4) is 0 Å². The molecule has 1 saturated carbocycles. The van der Waals surface area contributed by atoms with E-state index in [0.717, 1.165) is 25.0 Å². The van der Waals surface area contributed by atoms with Gasteiger partial charge in [-0.3, -0.25) is 4.79 Å². The second-order valence-electron chi connectivity index (χ2n) is 4.79. The first-order valence-corrected chi connectivity index (χ1v) is 6.38. The third-order valence-electron chi connectivity index (χ3n) is 3.33. The van der Waals surface area contributed by atoms with E-state index in [1.807, 2.05) is 19.9 Å². The molecule has 0 radical (unpaired) electrons. The molecule has 18 heavy (non-hydrogen) atoms. The average Bonchev–Trinajstić information content (AvgIpc) is 2.26. The molecule has 0 aliphatic heterocycles. The SMILES string of the molecule is CCOC1CC(NC(=O)c2ccc(N)cc2C)C1. The van der Waals surface area contributed by atoms with Gasteiger partial charge in [-0.25, -0.2) is 0 Å². The summed E-state index contributed by atoms with van der Waals surface area (Å²) in [6.07, 6.45) is 2.13. The maximum absolute atomic E-state index is 12.1. The molecule has 0 aromatic heterocycles. The van der Waals surface area contributed by atoms with Gasteiger partial charge in [0.05, 0.1) is 6.10 Å². The Labute approximate surface area is 108 Å². The van der Waals surface area contributed by atoms with Gasteiger partial charge in [0.15, 0.2) is 0 Å². The topological polar surface area (TPSA) is 64.3 Å². The minimum atomic E-state index is -0.0209. The fourth-order valence-electron chi connectivity index (χ4n) is 2.26. The number of carbonyl (C=O) groups is 1. The highest BCUT2D eigenvalue weighted by atomic mass is 16.5. The van der Waals surface area contributed by atoms with Gasteiger partial charge in [-0.05, 0) is 50.5 Å². The van der Waals surface area contributed by atoms with Gasteiger partial charge >= 0.3 is 0 Å². The van der Waals surface area contributed by atoms with Crippen molar-refractivity contribution in [1.82, 2.24) is 5.32 Å². The molecule has 3 N–H and O–H groups in total. The molecule has 0 atom stereocenters. The maximum Gasteiger partial charge on any atom is 0.251 e. The second kappa shape index (κ2) is 5.40. The van der Waals surface area contributed by atoms with Crippen LogP contribution in [0.1, 0.15) is 35.7 Å². The Balaban J connectivity index is 1.89. The van der Waals surface area contributed by atoms with Crippen molar-refractivity contribution in [1.29, 1.82) is 0 Å². The van der Waals surface area contributed by atoms with Gasteiger partial charge < -0.3 is 15.8 Å². The van der Waals surface area contributed by atoms with Gasteiger partial charge in [0.2, 0.25) is 0 Å². The van der Waals surface area contributed by atoms with Gasteiger partial charge in [0, 0.05) is 23.9 Å². The first-order valence-electron chi connectivity index (χ1n) is 6.38. The summed E-state index contributed by atoms with van der Waals surface area (Å²) in [4.78, 5) is 12.1. The van der Waals surface area contributed by atoms with Crippen molar-refractivity contribution in [3.8, 4) is 0 Å². The minimum Gasteiger partial charge on any atom is -0.399 e. The summed E-state index contributed by atoms with van der Waals surface area (Å²) in [7, 11) is 0. The van der Waals surface area contributed by atoms with Gasteiger partial charge in [-0.2, -0.15) is 0 Å². The monoisotopic (exact) mass is 248 g/mol. The number of benzene rings is 1. The van der Waals surface area contributed by atoms with Gasteiger partial charge in [0.25, 0.3) is 5.91 Å². The number of ether oxygens (including phenoxy) is 1. The third-order valence-corrected chi connectivity index (χ3v) is 3.33. The summed E-state index contributed by atoms with van der Waals surface area (Å²) in [6.45, 7) is 4.63. The van der Waals surface area contributed by atoms with Crippen molar-refractivity contribution in [2.75, 3.05) is 12.3 Å². The highest BCUT2D eigenvalue weighted by Gasteiger charge is 2.30. The molecule has 4 nitrogen and oxygen atoms in total. The lowest BCUT2D eigenvalue weighted by molar-refractivity contribution is -0.00862. The zero-order chi connectivity index (χ0) is 13.1. The summed E-state index contributed by atoms with van der Waals surface area (Å²) in [6, 6.07) is 5.59. The molecule has 1 amide bonds. The predicted octanol–water partition coefficient (Wildman–Crippen LogP) is 1.87. The number of carbonyl (C=O) groups excluding carboxylic acids is 1. The molecule has 2 rings (SSSR count). The number of anilines is 1. The Morgan fingerprint density at radius 1 is 1.50 bits per heavy atom. The molecule has 0 heterocycles. The standard InChI is InChI=1S/C14H20N2O2/c1-3-18-12-7-11(8-12)16-14(17)13-5-4-10(15)6-9(13)2/h4-6,11-12H,3,7-8,15H2,1-2H3,(H,16,17). The lowest BCUT2D eigenvalue weighted by atomic mass is 9.89. The number of hydrogen-bond donors (Lipinski definition) is 2. The van der Waals surface area contributed by atoms with Crippen LogP contribution in [0, 0.1) is 6.92 Å². The Kier molecular flexibility index (Phi) is 3.87. The molecule has 1 aliphatic rings. The van der Waals surface area contributed by atoms with Crippen LogP contribution in [0.5, 0.6) is 0 Å². The zero-order valence-corrected chi connectivity index (χ0v) is 10.9. The van der Waals surface area contributed by atoms with Crippen molar-refractivity contribution >= 4 is 11.6 Å². The zero-order valence-electron chi connectivity index (χ0n) is 10.9. The van der Waals surface area contributed by atoms with E-state index in [1.54, 1.807) is 12.1 Å². The highest BCUT2D eigenvalue weighted by molar-refractivity contribution is 5.96. The molecular weight excluding hydrogens is 228 g/mol. The average molecular weight is 248 g/mol. The smallest absolute Gasteiger partial charge is 0.251 e. The number of nitrogens with one attached hydrogen (secondary N) is 1. The Bertz CT molecular complexity index is 439. The largest absolute Gasteiger partial charge is 0.399 e. The predicted molar refractivity (Wildman–Crippen MR) is 71.5 cm³/mol. The van der Waals surface area contributed by atoms with Crippen molar-refractivity contribution in [2.24, 2.45) is 0 Å². The molecule has 0 bridgehead atoms. The van der Waals surface area contributed by atoms with Crippen LogP contribution in [-0.2, 0) is 4.74 Å². The van der Waals surface area contributed by atoms with E-state index < -0.39 is 0 Å². The number of nitrogens with two attached hydrogens (primary N) is 1. The fraction of sp³-hybridized carbons (Fsp3) is 0.500. The first-order chi connectivity index (χ1) is 8.60. The van der Waals surface area contributed by atoms with E-state index >= 15 is 0 Å². The molecule has 1 fully saturated rings.